The van der Waals surface area contributed by atoms with Gasteiger partial charge in [-0.25, -0.2) is 8.42 Å². The van der Waals surface area contributed by atoms with Crippen molar-refractivity contribution in [3.63, 3.8) is 0 Å². The number of carbonyl (C=O) groups is 1. The lowest BCUT2D eigenvalue weighted by molar-refractivity contribution is 0.0204. The Morgan fingerprint density at radius 2 is 1.84 bits per heavy atom. The number of rotatable bonds is 7. The number of anilines is 1. The molecule has 7 nitrogen and oxygen atoms in total. The van der Waals surface area contributed by atoms with Crippen LogP contribution < -0.4 is 10.0 Å². The van der Waals surface area contributed by atoms with Crippen molar-refractivity contribution in [2.45, 2.75) is 31.7 Å². The fourth-order valence-electron chi connectivity index (χ4n) is 3.35. The highest BCUT2D eigenvalue weighted by molar-refractivity contribution is 7.92. The number of amides is 1. The Hall–Kier alpha value is -2.13. The van der Waals surface area contributed by atoms with Gasteiger partial charge in [-0.1, -0.05) is 17.7 Å². The summed E-state index contributed by atoms with van der Waals surface area (Å²) in [6.07, 6.45) is 0. The largest absolute Gasteiger partial charge is 0.379 e. The molecule has 9 heteroatoms. The monoisotopic (exact) mass is 465 g/mol. The summed E-state index contributed by atoms with van der Waals surface area (Å²) in [6, 6.07) is 9.57. The summed E-state index contributed by atoms with van der Waals surface area (Å²) in [5.74, 6) is -0.409. The standard InChI is InChI=1S/C22H28ClN3O4S/c1-15-4-5-18(12-16(15)2)25-31(28,29)19-6-7-21(23)20(13-19)22(27)24-14-17(3)26-8-10-30-11-9-26/h4-7,12-13,17,25H,8-11,14H2,1-3H3,(H,24,27). The lowest BCUT2D eigenvalue weighted by Gasteiger charge is -2.32. The minimum absolute atomic E-state index is 0.0264. The van der Waals surface area contributed by atoms with Crippen molar-refractivity contribution in [3.05, 3.63) is 58.1 Å². The number of ether oxygens (including phenoxy) is 1. The fourth-order valence-corrected chi connectivity index (χ4v) is 4.63. The molecule has 1 fully saturated rings. The lowest BCUT2D eigenvalue weighted by atomic mass is 10.1. The van der Waals surface area contributed by atoms with Gasteiger partial charge in [0.1, 0.15) is 0 Å². The van der Waals surface area contributed by atoms with E-state index in [2.05, 4.69) is 14.9 Å². The third-order valence-electron chi connectivity index (χ3n) is 5.48. The highest BCUT2D eigenvalue weighted by Crippen LogP contribution is 2.23. The quantitative estimate of drug-likeness (QED) is 0.655. The predicted octanol–water partition coefficient (Wildman–Crippen LogP) is 3.21. The van der Waals surface area contributed by atoms with E-state index in [0.29, 0.717) is 25.4 Å². The van der Waals surface area contributed by atoms with Crippen LogP contribution in [0.5, 0.6) is 0 Å². The molecule has 3 rings (SSSR count). The molecule has 1 aliphatic heterocycles. The molecule has 168 valence electrons. The summed E-state index contributed by atoms with van der Waals surface area (Å²) in [5, 5.41) is 3.05. The molecule has 1 saturated heterocycles. The number of nitrogens with one attached hydrogen (secondary N) is 2. The molecule has 0 aromatic heterocycles. The van der Waals surface area contributed by atoms with Gasteiger partial charge in [0.2, 0.25) is 0 Å². The second kappa shape index (κ2) is 9.99. The van der Waals surface area contributed by atoms with Crippen LogP contribution in [0.3, 0.4) is 0 Å². The van der Waals surface area contributed by atoms with Gasteiger partial charge in [-0.3, -0.25) is 14.4 Å². The van der Waals surface area contributed by atoms with Crippen molar-refractivity contribution in [3.8, 4) is 0 Å². The molecule has 1 amide bonds. The topological polar surface area (TPSA) is 87.7 Å². The minimum atomic E-state index is -3.87. The van der Waals surface area contributed by atoms with Gasteiger partial charge >= 0.3 is 0 Å². The number of hydrogen-bond acceptors (Lipinski definition) is 5. The molecule has 1 unspecified atom stereocenters. The SMILES string of the molecule is Cc1ccc(NS(=O)(=O)c2ccc(Cl)c(C(=O)NCC(C)N3CCOCC3)c2)cc1C. The van der Waals surface area contributed by atoms with E-state index < -0.39 is 15.9 Å². The molecule has 31 heavy (non-hydrogen) atoms. The lowest BCUT2D eigenvalue weighted by Crippen LogP contribution is -2.47. The van der Waals surface area contributed by atoms with Crippen molar-refractivity contribution in [2.75, 3.05) is 37.6 Å². The number of benzene rings is 2. The normalized spacial score (nSPS) is 16.0. The second-order valence-electron chi connectivity index (χ2n) is 7.75. The van der Waals surface area contributed by atoms with E-state index in [4.69, 9.17) is 16.3 Å². The average molecular weight is 466 g/mol. The summed E-state index contributed by atoms with van der Waals surface area (Å²) in [5.41, 5.74) is 2.63. The molecule has 1 atom stereocenters. The minimum Gasteiger partial charge on any atom is -0.379 e. The molecule has 1 aliphatic rings. The Labute approximate surface area is 188 Å². The number of hydrogen-bond donors (Lipinski definition) is 2. The number of nitrogens with zero attached hydrogens (tertiary/aromatic N) is 1. The first-order valence-electron chi connectivity index (χ1n) is 10.2. The van der Waals surface area contributed by atoms with Crippen molar-refractivity contribution in [2.24, 2.45) is 0 Å². The zero-order valence-corrected chi connectivity index (χ0v) is 19.5. The first kappa shape index (κ1) is 23.5. The van der Waals surface area contributed by atoms with Crippen molar-refractivity contribution in [1.29, 1.82) is 0 Å². The van der Waals surface area contributed by atoms with Gasteiger partial charge in [-0.15, -0.1) is 0 Å². The van der Waals surface area contributed by atoms with Gasteiger partial charge in [0.05, 0.1) is 28.7 Å². The Morgan fingerprint density at radius 1 is 1.13 bits per heavy atom. The number of halogens is 1. The van der Waals surface area contributed by atoms with Crippen LogP contribution in [-0.2, 0) is 14.8 Å². The van der Waals surface area contributed by atoms with Gasteiger partial charge in [0.25, 0.3) is 15.9 Å². The molecular formula is C22H28ClN3O4S. The molecule has 0 aliphatic carbocycles. The number of morpholine rings is 1. The molecule has 0 saturated carbocycles. The molecule has 0 radical (unpaired) electrons. The Morgan fingerprint density at radius 3 is 2.52 bits per heavy atom. The Balaban J connectivity index is 1.72. The van der Waals surface area contributed by atoms with E-state index >= 15 is 0 Å². The van der Waals surface area contributed by atoms with Crippen LogP contribution in [0.15, 0.2) is 41.3 Å². The van der Waals surface area contributed by atoms with Crippen LogP contribution in [0, 0.1) is 13.8 Å². The molecule has 2 N–H and O–H groups in total. The number of sulfonamides is 1. The van der Waals surface area contributed by atoms with Crippen LogP contribution in [0.4, 0.5) is 5.69 Å². The molecule has 1 heterocycles. The van der Waals surface area contributed by atoms with Crippen LogP contribution in [-0.4, -0.2) is 58.1 Å². The van der Waals surface area contributed by atoms with Crippen molar-refractivity contribution >= 4 is 33.2 Å². The van der Waals surface area contributed by atoms with E-state index in [-0.39, 0.29) is 21.5 Å². The molecule has 0 spiro atoms. The van der Waals surface area contributed by atoms with E-state index in [1.165, 1.54) is 18.2 Å². The van der Waals surface area contributed by atoms with Gasteiger partial charge < -0.3 is 10.1 Å². The molecule has 0 bridgehead atoms. The first-order chi connectivity index (χ1) is 14.7. The third-order valence-corrected chi connectivity index (χ3v) is 7.19. The molecular weight excluding hydrogens is 438 g/mol. The Bertz CT molecular complexity index is 1050. The van der Waals surface area contributed by atoms with Gasteiger partial charge in [0, 0.05) is 31.4 Å². The van der Waals surface area contributed by atoms with Gasteiger partial charge in [-0.05, 0) is 62.2 Å². The maximum Gasteiger partial charge on any atom is 0.261 e. The summed E-state index contributed by atoms with van der Waals surface area (Å²) in [4.78, 5) is 14.9. The fraction of sp³-hybridized carbons (Fsp3) is 0.409. The highest BCUT2D eigenvalue weighted by Gasteiger charge is 2.21. The van der Waals surface area contributed by atoms with Crippen molar-refractivity contribution < 1.29 is 17.9 Å². The van der Waals surface area contributed by atoms with Crippen LogP contribution >= 0.6 is 11.6 Å². The second-order valence-corrected chi connectivity index (χ2v) is 9.84. The van der Waals surface area contributed by atoms with E-state index in [1.54, 1.807) is 12.1 Å². The number of carbonyl (C=O) groups excluding carboxylic acids is 1. The third kappa shape index (κ3) is 5.98. The van der Waals surface area contributed by atoms with Crippen molar-refractivity contribution in [1.82, 2.24) is 10.2 Å². The maximum absolute atomic E-state index is 12.9. The summed E-state index contributed by atoms with van der Waals surface area (Å²) in [7, 11) is -3.87. The summed E-state index contributed by atoms with van der Waals surface area (Å²) < 4.78 is 33.6. The predicted molar refractivity (Wildman–Crippen MR) is 122 cm³/mol. The summed E-state index contributed by atoms with van der Waals surface area (Å²) in [6.45, 7) is 9.31. The smallest absolute Gasteiger partial charge is 0.261 e. The highest BCUT2D eigenvalue weighted by atomic mass is 35.5. The number of aryl methyl sites for hydroxylation is 2. The molecule has 2 aromatic rings. The first-order valence-corrected chi connectivity index (χ1v) is 12.0. The average Bonchev–Trinajstić information content (AvgIpc) is 2.75. The summed E-state index contributed by atoms with van der Waals surface area (Å²) >= 11 is 6.20. The van der Waals surface area contributed by atoms with Crippen LogP contribution in [0.1, 0.15) is 28.4 Å². The Kier molecular flexibility index (Phi) is 7.59. The maximum atomic E-state index is 12.9. The van der Waals surface area contributed by atoms with Gasteiger partial charge in [0.15, 0.2) is 0 Å². The van der Waals surface area contributed by atoms with Crippen LogP contribution in [0.25, 0.3) is 0 Å². The van der Waals surface area contributed by atoms with E-state index in [1.807, 2.05) is 26.8 Å². The van der Waals surface area contributed by atoms with Gasteiger partial charge in [-0.2, -0.15) is 0 Å². The van der Waals surface area contributed by atoms with E-state index in [0.717, 1.165) is 24.2 Å². The molecule has 2 aromatic carbocycles. The zero-order valence-electron chi connectivity index (χ0n) is 17.9. The van der Waals surface area contributed by atoms with Crippen LogP contribution in [0.2, 0.25) is 5.02 Å². The van der Waals surface area contributed by atoms with E-state index in [9.17, 15) is 13.2 Å². The zero-order chi connectivity index (χ0) is 22.6.